The van der Waals surface area contributed by atoms with Gasteiger partial charge in [0.2, 0.25) is 0 Å². The molecule has 0 saturated heterocycles. The van der Waals surface area contributed by atoms with E-state index in [2.05, 4.69) is 6.92 Å². The second-order valence-corrected chi connectivity index (χ2v) is 3.66. The monoisotopic (exact) mass is 206 g/mol. The lowest BCUT2D eigenvalue weighted by Crippen LogP contribution is -1.99. The summed E-state index contributed by atoms with van der Waals surface area (Å²) in [6.45, 7) is 2.14. The van der Waals surface area contributed by atoms with E-state index in [-0.39, 0.29) is 0 Å². The Bertz CT molecular complexity index is 290. The molecule has 15 heavy (non-hydrogen) atoms. The largest absolute Gasteiger partial charge is 0.497 e. The summed E-state index contributed by atoms with van der Waals surface area (Å²) in [5, 5.41) is 0. The molecule has 2 heteroatoms. The van der Waals surface area contributed by atoms with Gasteiger partial charge in [0.05, 0.1) is 7.11 Å². The summed E-state index contributed by atoms with van der Waals surface area (Å²) in [5.74, 6) is 1.22. The van der Waals surface area contributed by atoms with E-state index in [1.165, 1.54) is 5.56 Å². The van der Waals surface area contributed by atoms with Gasteiger partial charge in [0, 0.05) is 6.42 Å². The van der Waals surface area contributed by atoms with Crippen LogP contribution in [-0.2, 0) is 4.79 Å². The molecule has 1 aromatic rings. The van der Waals surface area contributed by atoms with Crippen molar-refractivity contribution in [3.05, 3.63) is 29.8 Å². The van der Waals surface area contributed by atoms with Crippen LogP contribution in [0.3, 0.4) is 0 Å². The normalized spacial score (nSPS) is 12.1. The molecule has 0 aromatic heterocycles. The zero-order valence-corrected chi connectivity index (χ0v) is 9.40. The van der Waals surface area contributed by atoms with Crippen LogP contribution in [0.5, 0.6) is 5.75 Å². The average molecular weight is 206 g/mol. The van der Waals surface area contributed by atoms with Crippen molar-refractivity contribution in [2.75, 3.05) is 7.11 Å². The number of hydrogen-bond donors (Lipinski definition) is 0. The summed E-state index contributed by atoms with van der Waals surface area (Å²) in [4.78, 5) is 10.6. The van der Waals surface area contributed by atoms with Crippen LogP contribution in [0.2, 0.25) is 0 Å². The van der Waals surface area contributed by atoms with Crippen molar-refractivity contribution in [2.45, 2.75) is 32.1 Å². The lowest BCUT2D eigenvalue weighted by Gasteiger charge is -2.13. The van der Waals surface area contributed by atoms with Crippen LogP contribution in [0.1, 0.15) is 37.7 Å². The highest BCUT2D eigenvalue weighted by Crippen LogP contribution is 2.25. The van der Waals surface area contributed by atoms with Crippen molar-refractivity contribution in [3.63, 3.8) is 0 Å². The third-order valence-electron chi connectivity index (χ3n) is 2.61. The van der Waals surface area contributed by atoms with Crippen molar-refractivity contribution in [2.24, 2.45) is 0 Å². The molecule has 0 radical (unpaired) electrons. The fraction of sp³-hybridized carbons (Fsp3) is 0.462. The minimum atomic E-state index is 0.360. The third kappa shape index (κ3) is 3.39. The second-order valence-electron chi connectivity index (χ2n) is 3.66. The molecule has 82 valence electrons. The molecule has 0 saturated carbocycles. The van der Waals surface area contributed by atoms with E-state index in [1.807, 2.05) is 24.3 Å². The molecule has 0 heterocycles. The summed E-state index contributed by atoms with van der Waals surface area (Å²) >= 11 is 0. The molecule has 1 rings (SSSR count). The van der Waals surface area contributed by atoms with Gasteiger partial charge in [0.1, 0.15) is 12.0 Å². The van der Waals surface area contributed by atoms with Gasteiger partial charge < -0.3 is 9.53 Å². The number of aldehydes is 1. The summed E-state index contributed by atoms with van der Waals surface area (Å²) < 4.78 is 5.10. The fourth-order valence-electron chi connectivity index (χ4n) is 1.76. The maximum absolute atomic E-state index is 10.6. The maximum atomic E-state index is 10.6. The summed E-state index contributed by atoms with van der Waals surface area (Å²) in [5.41, 5.74) is 1.23. The summed E-state index contributed by atoms with van der Waals surface area (Å²) in [6, 6.07) is 7.98. The van der Waals surface area contributed by atoms with E-state index in [0.717, 1.165) is 24.9 Å². The Morgan fingerprint density at radius 2 is 2.00 bits per heavy atom. The Labute approximate surface area is 91.3 Å². The van der Waals surface area contributed by atoms with Crippen molar-refractivity contribution >= 4 is 6.29 Å². The number of methoxy groups -OCH3 is 1. The highest BCUT2D eigenvalue weighted by atomic mass is 16.5. The second kappa shape index (κ2) is 6.23. The molecule has 0 aliphatic rings. The van der Waals surface area contributed by atoms with Gasteiger partial charge in [-0.3, -0.25) is 0 Å². The minimum absolute atomic E-state index is 0.360. The zero-order valence-electron chi connectivity index (χ0n) is 9.40. The molecule has 1 atom stereocenters. The van der Waals surface area contributed by atoms with Gasteiger partial charge in [-0.25, -0.2) is 0 Å². The standard InChI is InChI=1S/C13H18O2/c1-3-4-11(9-10-14)12-5-7-13(15-2)8-6-12/h5-8,10-11H,3-4,9H2,1-2H3/t11-/m1/s1. The van der Waals surface area contributed by atoms with Crippen LogP contribution in [0.15, 0.2) is 24.3 Å². The smallest absolute Gasteiger partial charge is 0.120 e. The van der Waals surface area contributed by atoms with Crippen LogP contribution < -0.4 is 4.74 Å². The minimum Gasteiger partial charge on any atom is -0.497 e. The molecular formula is C13H18O2. The molecule has 0 bridgehead atoms. The molecule has 0 amide bonds. The first-order chi connectivity index (χ1) is 7.31. The van der Waals surface area contributed by atoms with Crippen molar-refractivity contribution in [3.8, 4) is 5.75 Å². The lowest BCUT2D eigenvalue weighted by atomic mass is 9.92. The van der Waals surface area contributed by atoms with E-state index in [4.69, 9.17) is 4.74 Å². The quantitative estimate of drug-likeness (QED) is 0.668. The number of benzene rings is 1. The number of carbonyl (C=O) groups excluding carboxylic acids is 1. The van der Waals surface area contributed by atoms with E-state index >= 15 is 0 Å². The third-order valence-corrected chi connectivity index (χ3v) is 2.61. The first kappa shape index (κ1) is 11.8. The Morgan fingerprint density at radius 1 is 1.33 bits per heavy atom. The van der Waals surface area contributed by atoms with Crippen LogP contribution in [0, 0.1) is 0 Å². The van der Waals surface area contributed by atoms with Crippen molar-refractivity contribution in [1.29, 1.82) is 0 Å². The Morgan fingerprint density at radius 3 is 2.47 bits per heavy atom. The van der Waals surface area contributed by atoms with E-state index in [0.29, 0.717) is 12.3 Å². The molecule has 0 fully saturated rings. The van der Waals surface area contributed by atoms with Crippen LogP contribution in [0.4, 0.5) is 0 Å². The molecule has 0 unspecified atom stereocenters. The molecular weight excluding hydrogens is 188 g/mol. The highest BCUT2D eigenvalue weighted by Gasteiger charge is 2.09. The number of hydrogen-bond acceptors (Lipinski definition) is 2. The summed E-state index contributed by atoms with van der Waals surface area (Å²) in [6.07, 6.45) is 3.78. The molecule has 0 spiro atoms. The van der Waals surface area contributed by atoms with Gasteiger partial charge in [-0.15, -0.1) is 0 Å². The predicted octanol–water partition coefficient (Wildman–Crippen LogP) is 3.17. The Hall–Kier alpha value is -1.31. The molecule has 1 aromatic carbocycles. The maximum Gasteiger partial charge on any atom is 0.120 e. The van der Waals surface area contributed by atoms with Gasteiger partial charge in [-0.1, -0.05) is 25.5 Å². The van der Waals surface area contributed by atoms with Crippen LogP contribution >= 0.6 is 0 Å². The van der Waals surface area contributed by atoms with E-state index < -0.39 is 0 Å². The number of ether oxygens (including phenoxy) is 1. The first-order valence-corrected chi connectivity index (χ1v) is 5.39. The van der Waals surface area contributed by atoms with Gasteiger partial charge in [0.15, 0.2) is 0 Å². The van der Waals surface area contributed by atoms with Gasteiger partial charge in [-0.2, -0.15) is 0 Å². The molecule has 0 aliphatic carbocycles. The van der Waals surface area contributed by atoms with Crippen molar-refractivity contribution < 1.29 is 9.53 Å². The summed E-state index contributed by atoms with van der Waals surface area (Å²) in [7, 11) is 1.66. The highest BCUT2D eigenvalue weighted by molar-refractivity contribution is 5.51. The van der Waals surface area contributed by atoms with Crippen LogP contribution in [0.25, 0.3) is 0 Å². The van der Waals surface area contributed by atoms with Gasteiger partial charge >= 0.3 is 0 Å². The fourth-order valence-corrected chi connectivity index (χ4v) is 1.76. The molecule has 0 aliphatic heterocycles. The number of rotatable bonds is 6. The van der Waals surface area contributed by atoms with Crippen molar-refractivity contribution in [1.82, 2.24) is 0 Å². The van der Waals surface area contributed by atoms with Gasteiger partial charge in [-0.05, 0) is 30.0 Å². The topological polar surface area (TPSA) is 26.3 Å². The average Bonchev–Trinajstić information content (AvgIpc) is 2.29. The number of carbonyl (C=O) groups is 1. The van der Waals surface area contributed by atoms with Gasteiger partial charge in [0.25, 0.3) is 0 Å². The van der Waals surface area contributed by atoms with E-state index in [9.17, 15) is 4.79 Å². The Kier molecular flexibility index (Phi) is 4.88. The first-order valence-electron chi connectivity index (χ1n) is 5.39. The SMILES string of the molecule is CCC[C@H](CC=O)c1ccc(OC)cc1. The lowest BCUT2D eigenvalue weighted by molar-refractivity contribution is -0.108. The molecule has 2 nitrogen and oxygen atoms in total. The van der Waals surface area contributed by atoms with Crippen LogP contribution in [-0.4, -0.2) is 13.4 Å². The van der Waals surface area contributed by atoms with E-state index in [1.54, 1.807) is 7.11 Å². The molecule has 0 N–H and O–H groups in total. The predicted molar refractivity (Wildman–Crippen MR) is 61.3 cm³/mol. The Balaban J connectivity index is 2.76. The zero-order chi connectivity index (χ0) is 11.1.